The van der Waals surface area contributed by atoms with Crippen LogP contribution in [-0.4, -0.2) is 20.5 Å². The zero-order valence-corrected chi connectivity index (χ0v) is 13.1. The highest BCUT2D eigenvalue weighted by Gasteiger charge is 2.14. The Bertz CT molecular complexity index is 725. The summed E-state index contributed by atoms with van der Waals surface area (Å²) in [5.74, 6) is 0.496. The number of aromatic nitrogens is 1. The van der Waals surface area contributed by atoms with Gasteiger partial charge in [-0.15, -0.1) is 0 Å². The van der Waals surface area contributed by atoms with Crippen LogP contribution in [0, 0.1) is 13.8 Å². The third-order valence-electron chi connectivity index (χ3n) is 3.26. The van der Waals surface area contributed by atoms with Gasteiger partial charge in [-0.2, -0.15) is 0 Å². The first-order valence-electron chi connectivity index (χ1n) is 6.48. The maximum Gasteiger partial charge on any atom is 0.240 e. The molecule has 0 aliphatic carbocycles. The minimum atomic E-state index is -3.52. The lowest BCUT2D eigenvalue weighted by molar-refractivity contribution is 0.397. The van der Waals surface area contributed by atoms with Crippen LogP contribution in [0.4, 0.5) is 0 Å². The van der Waals surface area contributed by atoms with Gasteiger partial charge in [0.15, 0.2) is 0 Å². The van der Waals surface area contributed by atoms with Gasteiger partial charge in [-0.3, -0.25) is 0 Å². The molecule has 0 spiro atoms. The van der Waals surface area contributed by atoms with E-state index in [2.05, 4.69) is 9.71 Å². The molecule has 5 nitrogen and oxygen atoms in total. The average Bonchev–Trinajstić information content (AvgIpc) is 2.48. The van der Waals surface area contributed by atoms with Crippen molar-refractivity contribution in [3.05, 3.63) is 53.2 Å². The monoisotopic (exact) mass is 306 g/mol. The summed E-state index contributed by atoms with van der Waals surface area (Å²) in [5.41, 5.74) is 2.78. The van der Waals surface area contributed by atoms with E-state index in [1.54, 1.807) is 36.5 Å². The first-order valence-corrected chi connectivity index (χ1v) is 7.96. The second-order valence-corrected chi connectivity index (χ2v) is 6.55. The molecule has 112 valence electrons. The van der Waals surface area contributed by atoms with Gasteiger partial charge < -0.3 is 4.74 Å². The molecule has 1 aromatic carbocycles. The molecule has 0 saturated heterocycles. The van der Waals surface area contributed by atoms with E-state index in [4.69, 9.17) is 4.74 Å². The summed E-state index contributed by atoms with van der Waals surface area (Å²) in [6.07, 6.45) is 1.59. The number of nitrogens with one attached hydrogen (secondary N) is 1. The predicted molar refractivity (Wildman–Crippen MR) is 80.7 cm³/mol. The number of sulfonamides is 1. The lowest BCUT2D eigenvalue weighted by atomic mass is 10.1. The minimum absolute atomic E-state index is 0.187. The van der Waals surface area contributed by atoms with Gasteiger partial charge in [0, 0.05) is 18.8 Å². The zero-order valence-electron chi connectivity index (χ0n) is 12.3. The second kappa shape index (κ2) is 6.24. The number of nitrogens with zero attached hydrogens (tertiary/aromatic N) is 1. The van der Waals surface area contributed by atoms with Gasteiger partial charge in [-0.1, -0.05) is 12.1 Å². The third-order valence-corrected chi connectivity index (χ3v) is 4.66. The molecule has 21 heavy (non-hydrogen) atoms. The van der Waals surface area contributed by atoms with Gasteiger partial charge in [0.2, 0.25) is 15.9 Å². The number of hydrogen-bond acceptors (Lipinski definition) is 4. The van der Waals surface area contributed by atoms with Crippen LogP contribution in [0.15, 0.2) is 41.4 Å². The lowest BCUT2D eigenvalue weighted by Gasteiger charge is -2.09. The Labute approximate surface area is 125 Å². The summed E-state index contributed by atoms with van der Waals surface area (Å²) in [4.78, 5) is 4.31. The molecule has 0 aliphatic rings. The van der Waals surface area contributed by atoms with Crippen LogP contribution >= 0.6 is 0 Å². The summed E-state index contributed by atoms with van der Waals surface area (Å²) >= 11 is 0. The van der Waals surface area contributed by atoms with Crippen molar-refractivity contribution < 1.29 is 13.2 Å². The number of benzene rings is 1. The molecule has 0 saturated carbocycles. The zero-order chi connectivity index (χ0) is 15.5. The van der Waals surface area contributed by atoms with Crippen molar-refractivity contribution in [1.29, 1.82) is 0 Å². The van der Waals surface area contributed by atoms with Crippen molar-refractivity contribution in [1.82, 2.24) is 9.71 Å². The number of rotatable bonds is 5. The number of pyridine rings is 1. The van der Waals surface area contributed by atoms with E-state index in [1.165, 1.54) is 7.11 Å². The summed E-state index contributed by atoms with van der Waals surface area (Å²) < 4.78 is 32.0. The van der Waals surface area contributed by atoms with Crippen LogP contribution in [0.2, 0.25) is 0 Å². The van der Waals surface area contributed by atoms with E-state index in [0.717, 1.165) is 16.7 Å². The van der Waals surface area contributed by atoms with Gasteiger partial charge in [-0.25, -0.2) is 18.1 Å². The molecule has 1 N–H and O–H groups in total. The number of ether oxygens (including phenoxy) is 1. The molecule has 0 aliphatic heterocycles. The van der Waals surface area contributed by atoms with Gasteiger partial charge in [0.1, 0.15) is 0 Å². The van der Waals surface area contributed by atoms with Crippen LogP contribution < -0.4 is 9.46 Å². The molecule has 0 amide bonds. The molecule has 0 bridgehead atoms. The molecular weight excluding hydrogens is 288 g/mol. The molecule has 1 aromatic heterocycles. The fourth-order valence-electron chi connectivity index (χ4n) is 1.78. The lowest BCUT2D eigenvalue weighted by Crippen LogP contribution is -2.23. The highest BCUT2D eigenvalue weighted by molar-refractivity contribution is 7.89. The maximum atomic E-state index is 12.2. The first kappa shape index (κ1) is 15.5. The average molecular weight is 306 g/mol. The Hall–Kier alpha value is -1.92. The largest absolute Gasteiger partial charge is 0.481 e. The summed E-state index contributed by atoms with van der Waals surface area (Å²) in [5, 5.41) is 0. The molecule has 0 atom stereocenters. The molecule has 1 heterocycles. The predicted octanol–water partition coefficient (Wildman–Crippen LogP) is 2.19. The maximum absolute atomic E-state index is 12.2. The van der Waals surface area contributed by atoms with Crippen LogP contribution in [-0.2, 0) is 16.6 Å². The molecule has 0 fully saturated rings. The highest BCUT2D eigenvalue weighted by atomic mass is 32.2. The second-order valence-electron chi connectivity index (χ2n) is 4.78. The van der Waals surface area contributed by atoms with Crippen molar-refractivity contribution in [2.45, 2.75) is 25.3 Å². The molecule has 2 aromatic rings. The van der Waals surface area contributed by atoms with Gasteiger partial charge >= 0.3 is 0 Å². The highest BCUT2D eigenvalue weighted by Crippen LogP contribution is 2.15. The van der Waals surface area contributed by atoms with E-state index in [0.29, 0.717) is 5.88 Å². The SMILES string of the molecule is COc1ccc(CNS(=O)(=O)c2ccc(C)c(C)c2)cn1. The third kappa shape index (κ3) is 3.80. The van der Waals surface area contributed by atoms with Gasteiger partial charge in [0.25, 0.3) is 0 Å². The van der Waals surface area contributed by atoms with E-state index in [1.807, 2.05) is 13.8 Å². The Morgan fingerprint density at radius 3 is 2.48 bits per heavy atom. The standard InChI is InChI=1S/C15H18N2O3S/c1-11-4-6-14(8-12(11)2)21(18,19)17-10-13-5-7-15(20-3)16-9-13/h4-9,17H,10H2,1-3H3. The molecular formula is C15H18N2O3S. The minimum Gasteiger partial charge on any atom is -0.481 e. The number of hydrogen-bond donors (Lipinski definition) is 1. The first-order chi connectivity index (χ1) is 9.92. The van der Waals surface area contributed by atoms with E-state index in [9.17, 15) is 8.42 Å². The normalized spacial score (nSPS) is 11.4. The van der Waals surface area contributed by atoms with E-state index < -0.39 is 10.0 Å². The fraction of sp³-hybridized carbons (Fsp3) is 0.267. The topological polar surface area (TPSA) is 68.3 Å². The summed E-state index contributed by atoms with van der Waals surface area (Å²) in [6.45, 7) is 4.02. The molecule has 0 unspecified atom stereocenters. The number of aryl methyl sites for hydroxylation is 2. The van der Waals surface area contributed by atoms with Crippen LogP contribution in [0.5, 0.6) is 5.88 Å². The molecule has 0 radical (unpaired) electrons. The quantitative estimate of drug-likeness (QED) is 0.919. The van der Waals surface area contributed by atoms with Crippen molar-refractivity contribution in [3.8, 4) is 5.88 Å². The van der Waals surface area contributed by atoms with Crippen molar-refractivity contribution in [2.75, 3.05) is 7.11 Å². The van der Waals surface area contributed by atoms with Gasteiger partial charge in [0.05, 0.1) is 12.0 Å². The molecule has 2 rings (SSSR count). The van der Waals surface area contributed by atoms with Gasteiger partial charge in [-0.05, 0) is 42.7 Å². The smallest absolute Gasteiger partial charge is 0.240 e. The van der Waals surface area contributed by atoms with Crippen LogP contribution in [0.25, 0.3) is 0 Å². The van der Waals surface area contributed by atoms with E-state index >= 15 is 0 Å². The van der Waals surface area contributed by atoms with Crippen LogP contribution in [0.1, 0.15) is 16.7 Å². The Balaban J connectivity index is 2.11. The van der Waals surface area contributed by atoms with Crippen LogP contribution in [0.3, 0.4) is 0 Å². The number of methoxy groups -OCH3 is 1. The molecule has 6 heteroatoms. The Morgan fingerprint density at radius 1 is 1.14 bits per heavy atom. The van der Waals surface area contributed by atoms with E-state index in [-0.39, 0.29) is 11.4 Å². The van der Waals surface area contributed by atoms with Crippen molar-refractivity contribution >= 4 is 10.0 Å². The summed E-state index contributed by atoms with van der Waals surface area (Å²) in [6, 6.07) is 8.55. The Kier molecular flexibility index (Phi) is 4.59. The summed E-state index contributed by atoms with van der Waals surface area (Å²) in [7, 11) is -1.99. The van der Waals surface area contributed by atoms with Crippen molar-refractivity contribution in [2.24, 2.45) is 0 Å². The Morgan fingerprint density at radius 2 is 1.90 bits per heavy atom. The van der Waals surface area contributed by atoms with Crippen molar-refractivity contribution in [3.63, 3.8) is 0 Å². The fourth-order valence-corrected chi connectivity index (χ4v) is 2.88.